The number of nitrogens with one attached hydrogen (secondary N) is 1. The van der Waals surface area contributed by atoms with Crippen molar-refractivity contribution in [2.24, 2.45) is 5.92 Å². The van der Waals surface area contributed by atoms with Crippen LogP contribution in [-0.2, 0) is 0 Å². The van der Waals surface area contributed by atoms with Gasteiger partial charge in [0.15, 0.2) is 11.5 Å². The third-order valence-corrected chi connectivity index (χ3v) is 3.00. The number of anilines is 1. The van der Waals surface area contributed by atoms with Gasteiger partial charge in [-0.2, -0.15) is 0 Å². The Morgan fingerprint density at radius 1 is 1.20 bits per heavy atom. The van der Waals surface area contributed by atoms with Gasteiger partial charge in [-0.1, -0.05) is 13.8 Å². The highest BCUT2D eigenvalue weighted by Crippen LogP contribution is 2.31. The van der Waals surface area contributed by atoms with Crippen LogP contribution in [0, 0.1) is 5.92 Å². The highest BCUT2D eigenvalue weighted by molar-refractivity contribution is 6.00. The molecule has 5 heteroatoms. The van der Waals surface area contributed by atoms with E-state index in [1.807, 2.05) is 6.92 Å². The summed E-state index contributed by atoms with van der Waals surface area (Å²) in [6.07, 6.45) is 0.916. The van der Waals surface area contributed by atoms with Gasteiger partial charge in [-0.15, -0.1) is 0 Å². The molecule has 0 heterocycles. The average molecular weight is 280 g/mol. The summed E-state index contributed by atoms with van der Waals surface area (Å²) >= 11 is 0. The highest BCUT2D eigenvalue weighted by Gasteiger charge is 2.17. The van der Waals surface area contributed by atoms with E-state index in [1.165, 1.54) is 14.2 Å². The summed E-state index contributed by atoms with van der Waals surface area (Å²) < 4.78 is 10.3. The number of amides is 1. The third-order valence-electron chi connectivity index (χ3n) is 3.00. The molecular formula is C15H24N2O3. The molecule has 20 heavy (non-hydrogen) atoms. The molecule has 0 aliphatic rings. The maximum Gasteiger partial charge on any atom is 0.253 e. The highest BCUT2D eigenvalue weighted by atomic mass is 16.5. The van der Waals surface area contributed by atoms with Gasteiger partial charge in [-0.25, -0.2) is 0 Å². The Balaban J connectivity index is 2.93. The number of hydrogen-bond acceptors (Lipinski definition) is 4. The molecule has 3 N–H and O–H groups in total. The lowest BCUT2D eigenvalue weighted by Gasteiger charge is -2.17. The normalized spacial score (nSPS) is 12.1. The quantitative estimate of drug-likeness (QED) is 0.785. The van der Waals surface area contributed by atoms with Crippen LogP contribution >= 0.6 is 0 Å². The van der Waals surface area contributed by atoms with Crippen LogP contribution < -0.4 is 20.5 Å². The molecule has 0 spiro atoms. The molecule has 0 aliphatic carbocycles. The number of methoxy groups -OCH3 is 2. The van der Waals surface area contributed by atoms with Crippen LogP contribution in [0.3, 0.4) is 0 Å². The molecule has 0 aromatic heterocycles. The molecule has 0 bridgehead atoms. The summed E-state index contributed by atoms with van der Waals surface area (Å²) in [6.45, 7) is 6.22. The first-order valence-electron chi connectivity index (χ1n) is 6.71. The van der Waals surface area contributed by atoms with Crippen LogP contribution in [-0.4, -0.2) is 26.2 Å². The summed E-state index contributed by atoms with van der Waals surface area (Å²) in [7, 11) is 3.05. The standard InChI is InChI=1S/C15H24N2O3/c1-9(2)6-10(3)17-15(18)11-7-13(19-4)14(20-5)8-12(11)16/h7-10H,6,16H2,1-5H3,(H,17,18). The molecule has 0 saturated carbocycles. The summed E-state index contributed by atoms with van der Waals surface area (Å²) in [5, 5.41) is 2.94. The van der Waals surface area contributed by atoms with E-state index >= 15 is 0 Å². The first-order chi connectivity index (χ1) is 9.38. The van der Waals surface area contributed by atoms with Crippen LogP contribution in [0.5, 0.6) is 11.5 Å². The van der Waals surface area contributed by atoms with Gasteiger partial charge in [-0.05, 0) is 25.3 Å². The molecular weight excluding hydrogens is 256 g/mol. The van der Waals surface area contributed by atoms with Gasteiger partial charge >= 0.3 is 0 Å². The van der Waals surface area contributed by atoms with E-state index in [4.69, 9.17) is 15.2 Å². The van der Waals surface area contributed by atoms with Crippen LogP contribution in [0.2, 0.25) is 0 Å². The lowest BCUT2D eigenvalue weighted by Crippen LogP contribution is -2.33. The Morgan fingerprint density at radius 2 is 1.75 bits per heavy atom. The lowest BCUT2D eigenvalue weighted by atomic mass is 10.0. The van der Waals surface area contributed by atoms with E-state index in [9.17, 15) is 4.79 Å². The molecule has 1 rings (SSSR count). The molecule has 1 amide bonds. The van der Waals surface area contributed by atoms with Gasteiger partial charge in [0, 0.05) is 17.8 Å². The summed E-state index contributed by atoms with van der Waals surface area (Å²) in [6, 6.07) is 3.29. The van der Waals surface area contributed by atoms with Crippen molar-refractivity contribution in [3.8, 4) is 11.5 Å². The van der Waals surface area contributed by atoms with Crippen LogP contribution in [0.15, 0.2) is 12.1 Å². The van der Waals surface area contributed by atoms with Crippen molar-refractivity contribution in [2.75, 3.05) is 20.0 Å². The van der Waals surface area contributed by atoms with Crippen molar-refractivity contribution in [2.45, 2.75) is 33.2 Å². The van der Waals surface area contributed by atoms with E-state index in [0.717, 1.165) is 6.42 Å². The van der Waals surface area contributed by atoms with Gasteiger partial charge in [0.2, 0.25) is 0 Å². The second-order valence-electron chi connectivity index (χ2n) is 5.30. The van der Waals surface area contributed by atoms with E-state index in [1.54, 1.807) is 12.1 Å². The number of benzene rings is 1. The maximum absolute atomic E-state index is 12.2. The number of nitrogen functional groups attached to an aromatic ring is 1. The Hall–Kier alpha value is -1.91. The second-order valence-corrected chi connectivity index (χ2v) is 5.30. The van der Waals surface area contributed by atoms with Crippen molar-refractivity contribution in [3.63, 3.8) is 0 Å². The SMILES string of the molecule is COc1cc(N)c(C(=O)NC(C)CC(C)C)cc1OC. The number of nitrogens with two attached hydrogens (primary N) is 1. The Bertz CT molecular complexity index is 472. The van der Waals surface area contributed by atoms with Crippen molar-refractivity contribution < 1.29 is 14.3 Å². The predicted octanol–water partition coefficient (Wildman–Crippen LogP) is 2.45. The fourth-order valence-corrected chi connectivity index (χ4v) is 2.16. The molecule has 0 saturated heterocycles. The average Bonchev–Trinajstić information content (AvgIpc) is 2.36. The number of carbonyl (C=O) groups excluding carboxylic acids is 1. The summed E-state index contributed by atoms with van der Waals surface area (Å²) in [5.41, 5.74) is 6.68. The van der Waals surface area contributed by atoms with Gasteiger partial charge in [-0.3, -0.25) is 4.79 Å². The molecule has 1 aromatic carbocycles. The fourth-order valence-electron chi connectivity index (χ4n) is 2.16. The molecule has 0 aliphatic heterocycles. The molecule has 0 radical (unpaired) electrons. The number of carbonyl (C=O) groups is 1. The number of hydrogen-bond donors (Lipinski definition) is 2. The molecule has 1 atom stereocenters. The summed E-state index contributed by atoms with van der Waals surface area (Å²) in [4.78, 5) is 12.2. The predicted molar refractivity (Wildman–Crippen MR) is 80.3 cm³/mol. The lowest BCUT2D eigenvalue weighted by molar-refractivity contribution is 0.0936. The van der Waals surface area contributed by atoms with Crippen molar-refractivity contribution in [3.05, 3.63) is 17.7 Å². The molecule has 0 fully saturated rings. The van der Waals surface area contributed by atoms with Crippen LogP contribution in [0.4, 0.5) is 5.69 Å². The monoisotopic (exact) mass is 280 g/mol. The van der Waals surface area contributed by atoms with E-state index in [0.29, 0.717) is 28.7 Å². The van der Waals surface area contributed by atoms with Crippen molar-refractivity contribution in [1.82, 2.24) is 5.32 Å². The van der Waals surface area contributed by atoms with Crippen LogP contribution in [0.25, 0.3) is 0 Å². The Morgan fingerprint density at radius 3 is 2.25 bits per heavy atom. The second kappa shape index (κ2) is 7.03. The third kappa shape index (κ3) is 4.05. The summed E-state index contributed by atoms with van der Waals surface area (Å²) in [5.74, 6) is 1.32. The molecule has 5 nitrogen and oxygen atoms in total. The minimum atomic E-state index is -0.198. The zero-order valence-corrected chi connectivity index (χ0v) is 12.8. The molecule has 112 valence electrons. The minimum absolute atomic E-state index is 0.0926. The minimum Gasteiger partial charge on any atom is -0.493 e. The van der Waals surface area contributed by atoms with Crippen molar-refractivity contribution >= 4 is 11.6 Å². The first kappa shape index (κ1) is 16.1. The molecule has 1 unspecified atom stereocenters. The largest absolute Gasteiger partial charge is 0.493 e. The fraction of sp³-hybridized carbons (Fsp3) is 0.533. The number of ether oxygens (including phenoxy) is 2. The van der Waals surface area contributed by atoms with Crippen LogP contribution in [0.1, 0.15) is 37.6 Å². The van der Waals surface area contributed by atoms with Gasteiger partial charge in [0.05, 0.1) is 19.8 Å². The topological polar surface area (TPSA) is 73.6 Å². The van der Waals surface area contributed by atoms with E-state index in [-0.39, 0.29) is 11.9 Å². The van der Waals surface area contributed by atoms with E-state index in [2.05, 4.69) is 19.2 Å². The Kier molecular flexibility index (Phi) is 5.67. The van der Waals surface area contributed by atoms with Crippen molar-refractivity contribution in [1.29, 1.82) is 0 Å². The zero-order valence-electron chi connectivity index (χ0n) is 12.8. The van der Waals surface area contributed by atoms with Gasteiger partial charge in [0.1, 0.15) is 0 Å². The number of rotatable bonds is 6. The van der Waals surface area contributed by atoms with Gasteiger partial charge in [0.25, 0.3) is 5.91 Å². The van der Waals surface area contributed by atoms with Gasteiger partial charge < -0.3 is 20.5 Å². The van der Waals surface area contributed by atoms with E-state index < -0.39 is 0 Å². The zero-order chi connectivity index (χ0) is 15.3. The Labute approximate surface area is 120 Å². The molecule has 1 aromatic rings. The smallest absolute Gasteiger partial charge is 0.253 e. The maximum atomic E-state index is 12.2. The first-order valence-corrected chi connectivity index (χ1v) is 6.71.